The highest BCUT2D eigenvalue weighted by Gasteiger charge is 2.09. The van der Waals surface area contributed by atoms with Gasteiger partial charge in [-0.15, -0.1) is 0 Å². The third-order valence-corrected chi connectivity index (χ3v) is 3.77. The fraction of sp³-hybridized carbons (Fsp3) is 0.375. The maximum absolute atomic E-state index is 12.0. The first-order chi connectivity index (χ1) is 10.6. The smallest absolute Gasteiger partial charge is 0.319 e. The fourth-order valence-corrected chi connectivity index (χ4v) is 2.57. The summed E-state index contributed by atoms with van der Waals surface area (Å²) in [4.78, 5) is 16.2. The second kappa shape index (κ2) is 7.89. The molecule has 0 bridgehead atoms. The Morgan fingerprint density at radius 1 is 1.45 bits per heavy atom. The largest absolute Gasteiger partial charge is 0.441 e. The molecule has 118 valence electrons. The number of hydrogen-bond donors (Lipinski definition) is 2. The Morgan fingerprint density at radius 2 is 2.27 bits per heavy atom. The number of anilines is 1. The highest BCUT2D eigenvalue weighted by Crippen LogP contribution is 2.22. The highest BCUT2D eigenvalue weighted by molar-refractivity contribution is 7.98. The van der Waals surface area contributed by atoms with Crippen molar-refractivity contribution in [3.05, 3.63) is 36.2 Å². The van der Waals surface area contributed by atoms with Crippen LogP contribution in [0.4, 0.5) is 10.5 Å². The maximum Gasteiger partial charge on any atom is 0.319 e. The van der Waals surface area contributed by atoms with Crippen molar-refractivity contribution in [2.45, 2.75) is 26.3 Å². The summed E-state index contributed by atoms with van der Waals surface area (Å²) in [5.74, 6) is 2.34. The van der Waals surface area contributed by atoms with Gasteiger partial charge in [0.25, 0.3) is 0 Å². The molecule has 1 heterocycles. The van der Waals surface area contributed by atoms with Gasteiger partial charge in [-0.1, -0.05) is 6.07 Å². The Kier molecular flexibility index (Phi) is 5.89. The molecule has 1 unspecified atom stereocenters. The van der Waals surface area contributed by atoms with E-state index in [0.717, 1.165) is 23.5 Å². The molecule has 2 aromatic rings. The summed E-state index contributed by atoms with van der Waals surface area (Å²) < 4.78 is 5.50. The monoisotopic (exact) mass is 319 g/mol. The van der Waals surface area contributed by atoms with Crippen LogP contribution in [0.15, 0.2) is 34.9 Å². The number of benzene rings is 1. The second-order valence-electron chi connectivity index (χ2n) is 5.14. The van der Waals surface area contributed by atoms with Crippen LogP contribution < -0.4 is 10.6 Å². The van der Waals surface area contributed by atoms with Crippen molar-refractivity contribution in [2.75, 3.05) is 17.3 Å². The van der Waals surface area contributed by atoms with Gasteiger partial charge in [0, 0.05) is 17.3 Å². The molecule has 2 rings (SSSR count). The molecule has 1 atom stereocenters. The molecule has 0 saturated carbocycles. The average Bonchev–Trinajstić information content (AvgIpc) is 2.92. The Bertz CT molecular complexity index is 627. The Morgan fingerprint density at radius 3 is 2.95 bits per heavy atom. The van der Waals surface area contributed by atoms with E-state index >= 15 is 0 Å². The molecular weight excluding hydrogens is 298 g/mol. The molecule has 0 spiro atoms. The van der Waals surface area contributed by atoms with Gasteiger partial charge in [0.1, 0.15) is 5.76 Å². The van der Waals surface area contributed by atoms with E-state index in [0.29, 0.717) is 11.6 Å². The molecule has 2 amide bonds. The van der Waals surface area contributed by atoms with Crippen molar-refractivity contribution in [1.29, 1.82) is 0 Å². The number of thioether (sulfide) groups is 1. The number of hydrogen-bond acceptors (Lipinski definition) is 4. The lowest BCUT2D eigenvalue weighted by atomic mass is 10.2. The van der Waals surface area contributed by atoms with Crippen LogP contribution in [0.2, 0.25) is 0 Å². The molecule has 0 aliphatic heterocycles. The molecule has 22 heavy (non-hydrogen) atoms. The van der Waals surface area contributed by atoms with Crippen molar-refractivity contribution in [3.63, 3.8) is 0 Å². The summed E-state index contributed by atoms with van der Waals surface area (Å²) >= 11 is 1.77. The number of nitrogens with zero attached hydrogens (tertiary/aromatic N) is 1. The van der Waals surface area contributed by atoms with Crippen LogP contribution in [0.5, 0.6) is 0 Å². The van der Waals surface area contributed by atoms with E-state index in [9.17, 15) is 4.79 Å². The number of amides is 2. The van der Waals surface area contributed by atoms with Crippen LogP contribution in [0.3, 0.4) is 0 Å². The lowest BCUT2D eigenvalue weighted by Crippen LogP contribution is -2.36. The number of oxazole rings is 1. The van der Waals surface area contributed by atoms with Gasteiger partial charge in [0.15, 0.2) is 0 Å². The number of urea groups is 1. The van der Waals surface area contributed by atoms with Gasteiger partial charge in [-0.05, 0) is 50.5 Å². The standard InChI is InChI=1S/C16H21N3O2S/c1-11(7-8-22-3)18-16(20)19-14-6-4-5-13(9-14)15-17-10-12(2)21-15/h4-6,9-11H,7-8H2,1-3H3,(H2,18,19,20). The molecule has 0 aliphatic rings. The molecular formula is C16H21N3O2S. The molecule has 1 aromatic carbocycles. The van der Waals surface area contributed by atoms with Gasteiger partial charge in [-0.2, -0.15) is 11.8 Å². The van der Waals surface area contributed by atoms with Gasteiger partial charge in [-0.3, -0.25) is 0 Å². The summed E-state index contributed by atoms with van der Waals surface area (Å²) in [6.45, 7) is 3.85. The zero-order valence-corrected chi connectivity index (χ0v) is 13.9. The lowest BCUT2D eigenvalue weighted by molar-refractivity contribution is 0.249. The van der Waals surface area contributed by atoms with Gasteiger partial charge in [0.05, 0.1) is 6.20 Å². The number of rotatable bonds is 6. The molecule has 0 radical (unpaired) electrons. The quantitative estimate of drug-likeness (QED) is 0.847. The molecule has 0 aliphatic carbocycles. The third kappa shape index (κ3) is 4.80. The number of carbonyl (C=O) groups excluding carboxylic acids is 1. The summed E-state index contributed by atoms with van der Waals surface area (Å²) in [7, 11) is 0. The van der Waals surface area contributed by atoms with Crippen LogP contribution >= 0.6 is 11.8 Å². The topological polar surface area (TPSA) is 67.2 Å². The van der Waals surface area contributed by atoms with Crippen LogP contribution in [-0.2, 0) is 0 Å². The Labute approximate surface area is 134 Å². The van der Waals surface area contributed by atoms with Crippen LogP contribution in [0.1, 0.15) is 19.1 Å². The second-order valence-corrected chi connectivity index (χ2v) is 6.12. The predicted molar refractivity (Wildman–Crippen MR) is 91.3 cm³/mol. The van der Waals surface area contributed by atoms with Gasteiger partial charge in [-0.25, -0.2) is 9.78 Å². The predicted octanol–water partition coefficient (Wildman–Crippen LogP) is 3.91. The van der Waals surface area contributed by atoms with Crippen molar-refractivity contribution < 1.29 is 9.21 Å². The zero-order chi connectivity index (χ0) is 15.9. The minimum absolute atomic E-state index is 0.144. The van der Waals surface area contributed by atoms with Crippen LogP contribution in [-0.4, -0.2) is 29.1 Å². The molecule has 6 heteroatoms. The third-order valence-electron chi connectivity index (χ3n) is 3.12. The van der Waals surface area contributed by atoms with Crippen molar-refractivity contribution in [2.24, 2.45) is 0 Å². The minimum Gasteiger partial charge on any atom is -0.441 e. The molecule has 1 aromatic heterocycles. The highest BCUT2D eigenvalue weighted by atomic mass is 32.2. The fourth-order valence-electron chi connectivity index (χ4n) is 1.98. The van der Waals surface area contributed by atoms with E-state index < -0.39 is 0 Å². The summed E-state index contributed by atoms with van der Waals surface area (Å²) in [5.41, 5.74) is 1.55. The van der Waals surface area contributed by atoms with Gasteiger partial charge < -0.3 is 15.1 Å². The number of aromatic nitrogens is 1. The summed E-state index contributed by atoms with van der Waals surface area (Å²) in [5, 5.41) is 5.76. The van der Waals surface area contributed by atoms with Crippen molar-refractivity contribution >= 4 is 23.5 Å². The Balaban J connectivity index is 1.97. The minimum atomic E-state index is -0.200. The maximum atomic E-state index is 12.0. The lowest BCUT2D eigenvalue weighted by Gasteiger charge is -2.14. The molecule has 2 N–H and O–H groups in total. The van der Waals surface area contributed by atoms with E-state index in [1.54, 1.807) is 18.0 Å². The first-order valence-electron chi connectivity index (χ1n) is 7.18. The van der Waals surface area contributed by atoms with Gasteiger partial charge >= 0.3 is 6.03 Å². The van der Waals surface area contributed by atoms with E-state index in [1.807, 2.05) is 38.1 Å². The van der Waals surface area contributed by atoms with Crippen LogP contribution in [0.25, 0.3) is 11.5 Å². The summed E-state index contributed by atoms with van der Waals surface area (Å²) in [6.07, 6.45) is 4.68. The van der Waals surface area contributed by atoms with E-state index in [-0.39, 0.29) is 12.1 Å². The normalized spacial score (nSPS) is 12.0. The molecule has 0 saturated heterocycles. The number of carbonyl (C=O) groups is 1. The molecule has 5 nitrogen and oxygen atoms in total. The Hall–Kier alpha value is -1.95. The first-order valence-corrected chi connectivity index (χ1v) is 8.57. The van der Waals surface area contributed by atoms with Gasteiger partial charge in [0.2, 0.25) is 5.89 Å². The number of nitrogens with one attached hydrogen (secondary N) is 2. The van der Waals surface area contributed by atoms with Crippen LogP contribution in [0, 0.1) is 6.92 Å². The number of aryl methyl sites for hydroxylation is 1. The first kappa shape index (κ1) is 16.4. The van der Waals surface area contributed by atoms with E-state index in [2.05, 4.69) is 21.9 Å². The SMILES string of the molecule is CSCCC(C)NC(=O)Nc1cccc(-c2ncc(C)o2)c1. The van der Waals surface area contributed by atoms with Crippen molar-refractivity contribution in [1.82, 2.24) is 10.3 Å². The zero-order valence-electron chi connectivity index (χ0n) is 13.1. The summed E-state index contributed by atoms with van der Waals surface area (Å²) in [6, 6.07) is 7.39. The van der Waals surface area contributed by atoms with E-state index in [1.165, 1.54) is 0 Å². The van der Waals surface area contributed by atoms with Crippen molar-refractivity contribution in [3.8, 4) is 11.5 Å². The average molecular weight is 319 g/mol. The molecule has 0 fully saturated rings. The van der Waals surface area contributed by atoms with E-state index in [4.69, 9.17) is 4.42 Å².